The van der Waals surface area contributed by atoms with Crippen LogP contribution in [-0.4, -0.2) is 44.4 Å². The van der Waals surface area contributed by atoms with Crippen molar-refractivity contribution >= 4 is 6.03 Å². The third kappa shape index (κ3) is 3.97. The summed E-state index contributed by atoms with van der Waals surface area (Å²) in [7, 11) is 0. The average Bonchev–Trinajstić information content (AvgIpc) is 3.36. The smallest absolute Gasteiger partial charge is 0.317 e. The third-order valence-electron chi connectivity index (χ3n) is 4.50. The van der Waals surface area contributed by atoms with Gasteiger partial charge >= 0.3 is 6.03 Å². The van der Waals surface area contributed by atoms with Crippen LogP contribution in [-0.2, 0) is 6.54 Å². The largest absolute Gasteiger partial charge is 0.419 e. The van der Waals surface area contributed by atoms with Crippen LogP contribution in [0.1, 0.15) is 36.4 Å². The highest BCUT2D eigenvalue weighted by Gasteiger charge is 2.27. The number of hydrogen-bond donors (Lipinski definition) is 1. The van der Waals surface area contributed by atoms with Crippen molar-refractivity contribution in [3.8, 4) is 11.5 Å². The molecule has 0 radical (unpaired) electrons. The van der Waals surface area contributed by atoms with Crippen molar-refractivity contribution in [3.05, 3.63) is 47.9 Å². The summed E-state index contributed by atoms with van der Waals surface area (Å²) < 4.78 is 10.7. The number of urea groups is 1. The van der Waals surface area contributed by atoms with Gasteiger partial charge in [-0.15, -0.1) is 10.2 Å². The second-order valence-electron chi connectivity index (χ2n) is 6.48. The Kier molecular flexibility index (Phi) is 4.82. The summed E-state index contributed by atoms with van der Waals surface area (Å²) in [4.78, 5) is 18.5. The Bertz CT molecular complexity index is 907. The van der Waals surface area contributed by atoms with E-state index in [1.807, 2.05) is 30.3 Å². The predicted octanol–water partition coefficient (Wildman–Crippen LogP) is 2.52. The minimum Gasteiger partial charge on any atom is -0.419 e. The van der Waals surface area contributed by atoms with Crippen molar-refractivity contribution in [1.82, 2.24) is 30.6 Å². The lowest BCUT2D eigenvalue weighted by atomic mass is 9.98. The van der Waals surface area contributed by atoms with E-state index in [9.17, 15) is 4.79 Å². The first kappa shape index (κ1) is 17.2. The van der Waals surface area contributed by atoms with E-state index < -0.39 is 0 Å². The van der Waals surface area contributed by atoms with Crippen molar-refractivity contribution in [2.45, 2.75) is 32.2 Å². The fraction of sp³-hybridized carbons (Fsp3) is 0.389. The summed E-state index contributed by atoms with van der Waals surface area (Å²) >= 11 is 0. The highest BCUT2D eigenvalue weighted by atomic mass is 16.5. The van der Waals surface area contributed by atoms with E-state index in [2.05, 4.69) is 25.7 Å². The molecule has 2 amide bonds. The van der Waals surface area contributed by atoms with Gasteiger partial charge in [0.1, 0.15) is 0 Å². The molecule has 3 aromatic rings. The number of rotatable bonds is 4. The zero-order valence-electron chi connectivity index (χ0n) is 15.0. The minimum atomic E-state index is -0.167. The summed E-state index contributed by atoms with van der Waals surface area (Å²) in [5, 5.41) is 14.8. The highest BCUT2D eigenvalue weighted by Crippen LogP contribution is 2.25. The third-order valence-corrected chi connectivity index (χ3v) is 4.50. The van der Waals surface area contributed by atoms with Crippen molar-refractivity contribution in [3.63, 3.8) is 0 Å². The van der Waals surface area contributed by atoms with E-state index in [1.165, 1.54) is 0 Å². The molecule has 1 atom stereocenters. The molecule has 3 heterocycles. The molecule has 1 aromatic carbocycles. The maximum Gasteiger partial charge on any atom is 0.317 e. The van der Waals surface area contributed by atoms with Crippen LogP contribution >= 0.6 is 0 Å². The van der Waals surface area contributed by atoms with Gasteiger partial charge in [-0.05, 0) is 25.0 Å². The molecule has 140 valence electrons. The van der Waals surface area contributed by atoms with Crippen molar-refractivity contribution < 1.29 is 13.7 Å². The Labute approximate surface area is 155 Å². The number of nitrogens with one attached hydrogen (secondary N) is 1. The van der Waals surface area contributed by atoms with E-state index in [4.69, 9.17) is 8.94 Å². The average molecular weight is 368 g/mol. The number of amides is 2. The van der Waals surface area contributed by atoms with Crippen LogP contribution in [0.25, 0.3) is 11.5 Å². The number of carbonyl (C=O) groups is 1. The Morgan fingerprint density at radius 2 is 2.15 bits per heavy atom. The van der Waals surface area contributed by atoms with Gasteiger partial charge in [-0.25, -0.2) is 4.79 Å². The van der Waals surface area contributed by atoms with Crippen molar-refractivity contribution in [2.75, 3.05) is 13.1 Å². The molecule has 1 aliphatic heterocycles. The van der Waals surface area contributed by atoms with Gasteiger partial charge in [-0.2, -0.15) is 4.98 Å². The molecule has 4 rings (SSSR count). The summed E-state index contributed by atoms with van der Waals surface area (Å²) in [5.41, 5.74) is 0.844. The number of carbonyl (C=O) groups excluding carboxylic acids is 1. The summed E-state index contributed by atoms with van der Waals surface area (Å²) in [6.45, 7) is 3.20. The summed E-state index contributed by atoms with van der Waals surface area (Å²) in [5.74, 6) is 2.09. The minimum absolute atomic E-state index is 0.0926. The van der Waals surface area contributed by atoms with E-state index in [1.54, 1.807) is 11.8 Å². The Morgan fingerprint density at radius 3 is 2.93 bits per heavy atom. The topological polar surface area (TPSA) is 110 Å². The number of aryl methyl sites for hydroxylation is 1. The molecule has 1 fully saturated rings. The molecule has 0 unspecified atom stereocenters. The summed E-state index contributed by atoms with van der Waals surface area (Å²) in [6.07, 6.45) is 1.83. The Hall–Kier alpha value is -3.23. The van der Waals surface area contributed by atoms with Crippen LogP contribution in [0.3, 0.4) is 0 Å². The van der Waals surface area contributed by atoms with Crippen LogP contribution in [0.2, 0.25) is 0 Å². The lowest BCUT2D eigenvalue weighted by Gasteiger charge is -2.31. The van der Waals surface area contributed by atoms with Gasteiger partial charge in [0.25, 0.3) is 0 Å². The van der Waals surface area contributed by atoms with Crippen molar-refractivity contribution in [2.24, 2.45) is 0 Å². The molecular weight excluding hydrogens is 348 g/mol. The quantitative estimate of drug-likeness (QED) is 0.753. The highest BCUT2D eigenvalue weighted by molar-refractivity contribution is 5.74. The molecule has 1 aliphatic rings. The molecule has 0 bridgehead atoms. The number of benzene rings is 1. The van der Waals surface area contributed by atoms with Gasteiger partial charge in [-0.3, -0.25) is 0 Å². The second kappa shape index (κ2) is 7.56. The van der Waals surface area contributed by atoms with Gasteiger partial charge in [0.05, 0.1) is 6.54 Å². The first-order valence-electron chi connectivity index (χ1n) is 8.90. The number of nitrogens with zero attached hydrogens (tertiary/aromatic N) is 5. The van der Waals surface area contributed by atoms with E-state index >= 15 is 0 Å². The molecule has 27 heavy (non-hydrogen) atoms. The van der Waals surface area contributed by atoms with Crippen LogP contribution in [0.4, 0.5) is 4.79 Å². The standard InChI is InChI=1S/C18H20N6O3/c1-12-20-16(23-27-12)14-8-5-9-24(11-14)18(25)19-10-15-21-22-17(26-15)13-6-3-2-4-7-13/h2-4,6-7,14H,5,8-11H2,1H3,(H,19,25)/t14-/m0/s1. The van der Waals surface area contributed by atoms with Gasteiger partial charge in [0.15, 0.2) is 5.82 Å². The number of aromatic nitrogens is 4. The lowest BCUT2D eigenvalue weighted by molar-refractivity contribution is 0.176. The second-order valence-corrected chi connectivity index (χ2v) is 6.48. The number of piperidine rings is 1. The SMILES string of the molecule is Cc1nc([C@H]2CCCN(C(=O)NCc3nnc(-c4ccccc4)o3)C2)no1. The van der Waals surface area contributed by atoms with Gasteiger partial charge < -0.3 is 19.2 Å². The molecule has 9 nitrogen and oxygen atoms in total. The fourth-order valence-corrected chi connectivity index (χ4v) is 3.14. The van der Waals surface area contributed by atoms with E-state index in [0.29, 0.717) is 36.6 Å². The molecule has 0 spiro atoms. The van der Waals surface area contributed by atoms with Crippen LogP contribution in [0.15, 0.2) is 39.3 Å². The zero-order chi connectivity index (χ0) is 18.6. The predicted molar refractivity (Wildman–Crippen MR) is 94.6 cm³/mol. The van der Waals surface area contributed by atoms with Crippen LogP contribution in [0.5, 0.6) is 0 Å². The lowest BCUT2D eigenvalue weighted by Crippen LogP contribution is -2.44. The molecule has 1 saturated heterocycles. The Balaban J connectivity index is 1.33. The van der Waals surface area contributed by atoms with Crippen molar-refractivity contribution in [1.29, 1.82) is 0 Å². The molecule has 0 aliphatic carbocycles. The summed E-state index contributed by atoms with van der Waals surface area (Å²) in [6, 6.07) is 9.34. The fourth-order valence-electron chi connectivity index (χ4n) is 3.14. The maximum absolute atomic E-state index is 12.5. The van der Waals surface area contributed by atoms with Crippen LogP contribution < -0.4 is 5.32 Å². The van der Waals surface area contributed by atoms with Gasteiger partial charge in [0.2, 0.25) is 17.7 Å². The monoisotopic (exact) mass is 368 g/mol. The van der Waals surface area contributed by atoms with Gasteiger partial charge in [-0.1, -0.05) is 23.4 Å². The molecule has 1 N–H and O–H groups in total. The number of likely N-dealkylation sites (tertiary alicyclic amines) is 1. The molecule has 2 aromatic heterocycles. The van der Waals surface area contributed by atoms with Gasteiger partial charge in [0, 0.05) is 31.5 Å². The first-order chi connectivity index (χ1) is 13.2. The number of hydrogen-bond acceptors (Lipinski definition) is 7. The Morgan fingerprint density at radius 1 is 1.30 bits per heavy atom. The van der Waals surface area contributed by atoms with E-state index in [-0.39, 0.29) is 18.5 Å². The molecule has 0 saturated carbocycles. The maximum atomic E-state index is 12.5. The van der Waals surface area contributed by atoms with Crippen LogP contribution in [0, 0.1) is 6.92 Å². The molecular formula is C18H20N6O3. The normalized spacial score (nSPS) is 17.1. The molecule has 9 heteroatoms. The van der Waals surface area contributed by atoms with E-state index in [0.717, 1.165) is 18.4 Å². The zero-order valence-corrected chi connectivity index (χ0v) is 15.0. The first-order valence-corrected chi connectivity index (χ1v) is 8.90.